The van der Waals surface area contributed by atoms with Crippen LogP contribution in [0, 0.1) is 30.1 Å². The molecule has 2 heteroatoms. The SMILES string of the molecule is C#C[C@@H](C)C[C@@H]1OC(=O)[C@H](C)[C@H]1CC=C. The Morgan fingerprint density at radius 3 is 2.93 bits per heavy atom. The van der Waals surface area contributed by atoms with Crippen molar-refractivity contribution in [2.45, 2.75) is 32.8 Å². The maximum atomic E-state index is 11.4. The average molecular weight is 206 g/mol. The Balaban J connectivity index is 2.66. The van der Waals surface area contributed by atoms with Crippen LogP contribution in [-0.2, 0) is 9.53 Å². The molecule has 82 valence electrons. The summed E-state index contributed by atoms with van der Waals surface area (Å²) in [6.07, 6.45) is 8.71. The van der Waals surface area contributed by atoms with Crippen LogP contribution in [-0.4, -0.2) is 12.1 Å². The van der Waals surface area contributed by atoms with Gasteiger partial charge in [0.25, 0.3) is 0 Å². The molecule has 0 aromatic rings. The highest BCUT2D eigenvalue weighted by molar-refractivity contribution is 5.74. The van der Waals surface area contributed by atoms with Gasteiger partial charge in [-0.05, 0) is 12.8 Å². The van der Waals surface area contributed by atoms with Crippen LogP contribution in [0.1, 0.15) is 26.7 Å². The Labute approximate surface area is 91.7 Å². The van der Waals surface area contributed by atoms with Crippen LogP contribution in [0.3, 0.4) is 0 Å². The number of rotatable bonds is 4. The first kappa shape index (κ1) is 11.8. The molecule has 0 aromatic heterocycles. The Morgan fingerprint density at radius 1 is 1.73 bits per heavy atom. The molecule has 0 radical (unpaired) electrons. The van der Waals surface area contributed by atoms with E-state index in [0.29, 0.717) is 0 Å². The summed E-state index contributed by atoms with van der Waals surface area (Å²) >= 11 is 0. The minimum absolute atomic E-state index is 0.0297. The van der Waals surface area contributed by atoms with Crippen molar-refractivity contribution < 1.29 is 9.53 Å². The molecule has 1 aliphatic heterocycles. The number of ether oxygens (including phenoxy) is 1. The van der Waals surface area contributed by atoms with E-state index in [9.17, 15) is 4.79 Å². The van der Waals surface area contributed by atoms with Crippen molar-refractivity contribution in [3.05, 3.63) is 12.7 Å². The Kier molecular flexibility index (Phi) is 3.96. The first-order valence-corrected chi connectivity index (χ1v) is 5.37. The summed E-state index contributed by atoms with van der Waals surface area (Å²) in [6.45, 7) is 7.60. The van der Waals surface area contributed by atoms with Gasteiger partial charge in [-0.15, -0.1) is 18.9 Å². The summed E-state index contributed by atoms with van der Waals surface area (Å²) in [5.74, 6) is 2.93. The predicted octanol–water partition coefficient (Wildman–Crippen LogP) is 2.40. The first-order chi connectivity index (χ1) is 7.10. The fourth-order valence-electron chi connectivity index (χ4n) is 2.03. The molecule has 0 aromatic carbocycles. The first-order valence-electron chi connectivity index (χ1n) is 5.37. The van der Waals surface area contributed by atoms with E-state index in [0.717, 1.165) is 12.8 Å². The average Bonchev–Trinajstić information content (AvgIpc) is 2.46. The van der Waals surface area contributed by atoms with Crippen molar-refractivity contribution in [2.24, 2.45) is 17.8 Å². The standard InChI is InChI=1S/C13H18O2/c1-5-7-11-10(4)13(14)15-12(11)8-9(3)6-2/h2,5,9-12H,1,7-8H2,3-4H3/t9-,10-,11-,12+/m1/s1. The lowest BCUT2D eigenvalue weighted by atomic mass is 9.85. The summed E-state index contributed by atoms with van der Waals surface area (Å²) < 4.78 is 5.33. The van der Waals surface area contributed by atoms with Gasteiger partial charge in [-0.1, -0.05) is 19.9 Å². The van der Waals surface area contributed by atoms with Crippen LogP contribution >= 0.6 is 0 Å². The van der Waals surface area contributed by atoms with Crippen LogP contribution in [0.5, 0.6) is 0 Å². The molecule has 0 N–H and O–H groups in total. The molecule has 1 saturated heterocycles. The third-order valence-electron chi connectivity index (χ3n) is 3.07. The fourth-order valence-corrected chi connectivity index (χ4v) is 2.03. The van der Waals surface area contributed by atoms with Gasteiger partial charge >= 0.3 is 5.97 Å². The van der Waals surface area contributed by atoms with Gasteiger partial charge in [0.15, 0.2) is 0 Å². The molecule has 0 unspecified atom stereocenters. The molecule has 0 amide bonds. The van der Waals surface area contributed by atoms with Crippen molar-refractivity contribution in [2.75, 3.05) is 0 Å². The predicted molar refractivity (Wildman–Crippen MR) is 60.0 cm³/mol. The lowest BCUT2D eigenvalue weighted by Crippen LogP contribution is -2.21. The second kappa shape index (κ2) is 5.02. The van der Waals surface area contributed by atoms with Crippen molar-refractivity contribution in [3.63, 3.8) is 0 Å². The zero-order valence-corrected chi connectivity index (χ0v) is 9.40. The Bertz CT molecular complexity index is 287. The number of carbonyl (C=O) groups excluding carboxylic acids is 1. The van der Waals surface area contributed by atoms with Crippen molar-refractivity contribution in [1.29, 1.82) is 0 Å². The molecule has 0 saturated carbocycles. The third-order valence-corrected chi connectivity index (χ3v) is 3.07. The number of cyclic esters (lactones) is 1. The lowest BCUT2D eigenvalue weighted by Gasteiger charge is -2.19. The summed E-state index contributed by atoms with van der Waals surface area (Å²) in [6, 6.07) is 0. The quantitative estimate of drug-likeness (QED) is 0.401. The van der Waals surface area contributed by atoms with Crippen LogP contribution in [0.2, 0.25) is 0 Å². The minimum Gasteiger partial charge on any atom is -0.462 e. The van der Waals surface area contributed by atoms with Crippen molar-refractivity contribution >= 4 is 5.97 Å². The van der Waals surface area contributed by atoms with Gasteiger partial charge in [0.05, 0.1) is 5.92 Å². The van der Waals surface area contributed by atoms with Gasteiger partial charge in [-0.2, -0.15) is 0 Å². The molecule has 4 atom stereocenters. The fraction of sp³-hybridized carbons (Fsp3) is 0.615. The van der Waals surface area contributed by atoms with E-state index in [2.05, 4.69) is 12.5 Å². The number of allylic oxidation sites excluding steroid dienone is 1. The number of hydrogen-bond donors (Lipinski definition) is 0. The molecule has 0 spiro atoms. The molecular weight excluding hydrogens is 188 g/mol. The molecule has 1 rings (SSSR count). The highest BCUT2D eigenvalue weighted by atomic mass is 16.6. The summed E-state index contributed by atoms with van der Waals surface area (Å²) in [5.41, 5.74) is 0. The van der Waals surface area contributed by atoms with Crippen LogP contribution in [0.25, 0.3) is 0 Å². The Hall–Kier alpha value is -1.23. The number of hydrogen-bond acceptors (Lipinski definition) is 2. The van der Waals surface area contributed by atoms with E-state index in [1.807, 2.05) is 19.9 Å². The summed E-state index contributed by atoms with van der Waals surface area (Å²) in [4.78, 5) is 11.4. The summed E-state index contributed by atoms with van der Waals surface area (Å²) in [5, 5.41) is 0. The van der Waals surface area contributed by atoms with E-state index in [4.69, 9.17) is 11.2 Å². The summed E-state index contributed by atoms with van der Waals surface area (Å²) in [7, 11) is 0. The topological polar surface area (TPSA) is 26.3 Å². The lowest BCUT2D eigenvalue weighted by molar-refractivity contribution is -0.144. The monoisotopic (exact) mass is 206 g/mol. The van der Waals surface area contributed by atoms with Gasteiger partial charge in [-0.3, -0.25) is 4.79 Å². The van der Waals surface area contributed by atoms with Gasteiger partial charge in [0, 0.05) is 11.8 Å². The minimum atomic E-state index is -0.101. The smallest absolute Gasteiger partial charge is 0.309 e. The number of carbonyl (C=O) groups is 1. The molecular formula is C13H18O2. The van der Waals surface area contributed by atoms with E-state index in [1.54, 1.807) is 0 Å². The van der Waals surface area contributed by atoms with Gasteiger partial charge in [0.1, 0.15) is 6.10 Å². The van der Waals surface area contributed by atoms with Crippen LogP contribution in [0.15, 0.2) is 12.7 Å². The largest absolute Gasteiger partial charge is 0.462 e. The van der Waals surface area contributed by atoms with Gasteiger partial charge < -0.3 is 4.74 Å². The zero-order chi connectivity index (χ0) is 11.4. The molecule has 0 bridgehead atoms. The maximum absolute atomic E-state index is 11.4. The second-order valence-electron chi connectivity index (χ2n) is 4.26. The second-order valence-corrected chi connectivity index (χ2v) is 4.26. The van der Waals surface area contributed by atoms with Crippen LogP contribution in [0.4, 0.5) is 0 Å². The highest BCUT2D eigenvalue weighted by Gasteiger charge is 2.40. The molecule has 1 aliphatic rings. The molecule has 0 aliphatic carbocycles. The number of terminal acetylenes is 1. The van der Waals surface area contributed by atoms with E-state index >= 15 is 0 Å². The molecule has 15 heavy (non-hydrogen) atoms. The third kappa shape index (κ3) is 2.62. The van der Waals surface area contributed by atoms with E-state index < -0.39 is 0 Å². The zero-order valence-electron chi connectivity index (χ0n) is 9.40. The van der Waals surface area contributed by atoms with Crippen molar-refractivity contribution in [1.82, 2.24) is 0 Å². The normalized spacial score (nSPS) is 31.8. The molecule has 2 nitrogen and oxygen atoms in total. The maximum Gasteiger partial charge on any atom is 0.309 e. The highest BCUT2D eigenvalue weighted by Crippen LogP contribution is 2.34. The molecule has 1 fully saturated rings. The van der Waals surface area contributed by atoms with E-state index in [1.165, 1.54) is 0 Å². The van der Waals surface area contributed by atoms with Gasteiger partial charge in [0.2, 0.25) is 0 Å². The number of esters is 1. The van der Waals surface area contributed by atoms with Gasteiger partial charge in [-0.25, -0.2) is 0 Å². The Morgan fingerprint density at radius 2 is 2.40 bits per heavy atom. The van der Waals surface area contributed by atoms with E-state index in [-0.39, 0.29) is 29.8 Å². The molecule has 1 heterocycles. The van der Waals surface area contributed by atoms with Crippen molar-refractivity contribution in [3.8, 4) is 12.3 Å². The van der Waals surface area contributed by atoms with Crippen LogP contribution < -0.4 is 0 Å².